The fraction of sp³-hybridized carbons (Fsp3) is 0.345. The van der Waals surface area contributed by atoms with E-state index in [4.69, 9.17) is 4.74 Å². The van der Waals surface area contributed by atoms with E-state index in [1.807, 2.05) is 25.1 Å². The fourth-order valence-electron chi connectivity index (χ4n) is 5.28. The maximum atomic E-state index is 13.7. The second kappa shape index (κ2) is 10.1. The molecule has 2 aliphatic rings. The predicted molar refractivity (Wildman–Crippen MR) is 142 cm³/mol. The minimum Gasteiger partial charge on any atom is -0.377 e. The van der Waals surface area contributed by atoms with E-state index >= 15 is 0 Å². The van der Waals surface area contributed by atoms with Crippen molar-refractivity contribution in [2.24, 2.45) is 5.92 Å². The number of aromatic nitrogens is 1. The molecule has 2 atom stereocenters. The molecule has 7 nitrogen and oxygen atoms in total. The van der Waals surface area contributed by atoms with Crippen LogP contribution in [0, 0.1) is 12.8 Å². The van der Waals surface area contributed by atoms with Gasteiger partial charge in [0.25, 0.3) is 11.8 Å². The fourth-order valence-corrected chi connectivity index (χ4v) is 5.28. The van der Waals surface area contributed by atoms with Crippen LogP contribution in [-0.2, 0) is 21.9 Å². The van der Waals surface area contributed by atoms with Gasteiger partial charge >= 0.3 is 0 Å². The van der Waals surface area contributed by atoms with E-state index in [0.29, 0.717) is 31.9 Å². The number of carbonyl (C=O) groups excluding carboxylic acids is 2. The van der Waals surface area contributed by atoms with E-state index in [1.54, 1.807) is 13.1 Å². The highest BCUT2D eigenvalue weighted by atomic mass is 19.3. The van der Waals surface area contributed by atoms with Gasteiger partial charge in [0.2, 0.25) is 5.91 Å². The van der Waals surface area contributed by atoms with E-state index in [1.165, 1.54) is 12.3 Å². The van der Waals surface area contributed by atoms with E-state index in [-0.39, 0.29) is 23.4 Å². The number of ether oxygens (including phenoxy) is 1. The zero-order valence-electron chi connectivity index (χ0n) is 21.6. The first-order valence-corrected chi connectivity index (χ1v) is 12.6. The third kappa shape index (κ3) is 4.98. The van der Waals surface area contributed by atoms with Gasteiger partial charge in [-0.25, -0.2) is 0 Å². The number of rotatable bonds is 5. The molecule has 2 aliphatic heterocycles. The van der Waals surface area contributed by atoms with Crippen LogP contribution in [-0.4, -0.2) is 49.6 Å². The highest BCUT2D eigenvalue weighted by Crippen LogP contribution is 2.39. The van der Waals surface area contributed by atoms with Crippen LogP contribution in [0.1, 0.15) is 34.1 Å². The van der Waals surface area contributed by atoms with Crippen molar-refractivity contribution in [3.05, 3.63) is 77.1 Å². The van der Waals surface area contributed by atoms with Crippen LogP contribution in [0.4, 0.5) is 20.2 Å². The number of halogens is 2. The number of nitrogens with one attached hydrogen (secondary N) is 2. The quantitative estimate of drug-likeness (QED) is 0.516. The third-order valence-electron chi connectivity index (χ3n) is 7.33. The van der Waals surface area contributed by atoms with Crippen molar-refractivity contribution in [2.75, 3.05) is 37.0 Å². The van der Waals surface area contributed by atoms with Gasteiger partial charge in [0.05, 0.1) is 25.2 Å². The molecule has 5 rings (SSSR count). The maximum absolute atomic E-state index is 13.7. The van der Waals surface area contributed by atoms with Crippen molar-refractivity contribution in [1.82, 2.24) is 10.3 Å². The lowest BCUT2D eigenvalue weighted by Gasteiger charge is -2.45. The predicted octanol–water partition coefficient (Wildman–Crippen LogP) is 4.54. The first kappa shape index (κ1) is 25.8. The molecule has 1 aromatic heterocycles. The average Bonchev–Trinajstić information content (AvgIpc) is 2.92. The summed E-state index contributed by atoms with van der Waals surface area (Å²) in [6.45, 7) is 4.55. The highest BCUT2D eigenvalue weighted by molar-refractivity contribution is 6.04. The summed E-state index contributed by atoms with van der Waals surface area (Å²) in [4.78, 5) is 31.4. The van der Waals surface area contributed by atoms with Gasteiger partial charge in [0, 0.05) is 43.7 Å². The number of anilines is 2. The Bertz CT molecular complexity index is 1390. The molecule has 0 bridgehead atoms. The van der Waals surface area contributed by atoms with Gasteiger partial charge in [0.1, 0.15) is 5.69 Å². The second-order valence-electron chi connectivity index (χ2n) is 9.91. The number of nitrogens with zero attached hydrogens (tertiary/aromatic N) is 2. The lowest BCUT2D eigenvalue weighted by atomic mass is 9.83. The zero-order valence-corrected chi connectivity index (χ0v) is 21.6. The van der Waals surface area contributed by atoms with Crippen molar-refractivity contribution < 1.29 is 23.1 Å². The van der Waals surface area contributed by atoms with Crippen LogP contribution in [0.25, 0.3) is 11.1 Å². The van der Waals surface area contributed by atoms with Crippen LogP contribution in [0.2, 0.25) is 0 Å². The summed E-state index contributed by atoms with van der Waals surface area (Å²) in [7, 11) is 1.66. The normalized spacial score (nSPS) is 18.8. The highest BCUT2D eigenvalue weighted by Gasteiger charge is 2.40. The van der Waals surface area contributed by atoms with Crippen LogP contribution in [0.3, 0.4) is 0 Å². The minimum atomic E-state index is -3.14. The number of aryl methyl sites for hydroxylation is 1. The molecule has 2 N–H and O–H groups in total. The molecule has 3 aromatic rings. The van der Waals surface area contributed by atoms with Crippen molar-refractivity contribution >= 4 is 23.2 Å². The molecular formula is C29H30F2N4O3. The Morgan fingerprint density at radius 1 is 1.13 bits per heavy atom. The van der Waals surface area contributed by atoms with E-state index in [0.717, 1.165) is 40.9 Å². The number of pyridine rings is 1. The smallest absolute Gasteiger partial charge is 0.286 e. The van der Waals surface area contributed by atoms with Gasteiger partial charge in [-0.15, -0.1) is 0 Å². The maximum Gasteiger partial charge on any atom is 0.286 e. The van der Waals surface area contributed by atoms with E-state index < -0.39 is 17.5 Å². The third-order valence-corrected chi connectivity index (χ3v) is 7.33. The first-order valence-electron chi connectivity index (χ1n) is 12.6. The Morgan fingerprint density at radius 3 is 2.71 bits per heavy atom. The number of amides is 2. The van der Waals surface area contributed by atoms with Crippen LogP contribution in [0.5, 0.6) is 0 Å². The molecule has 1 fully saturated rings. The largest absolute Gasteiger partial charge is 0.377 e. The SMILES string of the molecule is CNC(=O)C1Cc2ccc(-c3cc(NC(=O)c4ccnc(C(C)(F)F)c4)ccc3C)cc2N2CCOCC12. The summed E-state index contributed by atoms with van der Waals surface area (Å²) in [5, 5.41) is 5.61. The summed E-state index contributed by atoms with van der Waals surface area (Å²) in [6, 6.07) is 14.3. The van der Waals surface area contributed by atoms with Gasteiger partial charge < -0.3 is 20.3 Å². The van der Waals surface area contributed by atoms with Crippen molar-refractivity contribution in [1.29, 1.82) is 0 Å². The van der Waals surface area contributed by atoms with Gasteiger partial charge in [0.15, 0.2) is 0 Å². The van der Waals surface area contributed by atoms with Crippen molar-refractivity contribution in [3.63, 3.8) is 0 Å². The van der Waals surface area contributed by atoms with E-state index in [2.05, 4.69) is 32.7 Å². The minimum absolute atomic E-state index is 0.0171. The van der Waals surface area contributed by atoms with Gasteiger partial charge in [-0.1, -0.05) is 18.2 Å². The molecule has 0 saturated carbocycles. The van der Waals surface area contributed by atoms with Crippen LogP contribution in [0.15, 0.2) is 54.7 Å². The monoisotopic (exact) mass is 520 g/mol. The van der Waals surface area contributed by atoms with E-state index in [9.17, 15) is 18.4 Å². The molecule has 9 heteroatoms. The lowest BCUT2D eigenvalue weighted by molar-refractivity contribution is -0.126. The first-order chi connectivity index (χ1) is 18.2. The summed E-state index contributed by atoms with van der Waals surface area (Å²) < 4.78 is 33.1. The van der Waals surface area contributed by atoms with Gasteiger partial charge in [-0.3, -0.25) is 14.6 Å². The topological polar surface area (TPSA) is 83.6 Å². The Morgan fingerprint density at radius 2 is 1.95 bits per heavy atom. The summed E-state index contributed by atoms with van der Waals surface area (Å²) >= 11 is 0. The molecule has 2 aromatic carbocycles. The Kier molecular flexibility index (Phi) is 6.88. The molecule has 1 saturated heterocycles. The van der Waals surface area contributed by atoms with Gasteiger partial charge in [-0.2, -0.15) is 8.78 Å². The molecule has 2 amide bonds. The Balaban J connectivity index is 1.44. The molecule has 198 valence electrons. The molecule has 2 unspecified atom stereocenters. The number of fused-ring (bicyclic) bond motifs is 3. The average molecular weight is 521 g/mol. The second-order valence-corrected chi connectivity index (χ2v) is 9.91. The zero-order chi connectivity index (χ0) is 27.0. The molecular weight excluding hydrogens is 490 g/mol. The van der Waals surface area contributed by atoms with Crippen molar-refractivity contribution in [3.8, 4) is 11.1 Å². The van der Waals surface area contributed by atoms with Crippen LogP contribution < -0.4 is 15.5 Å². The molecule has 0 spiro atoms. The lowest BCUT2D eigenvalue weighted by Crippen LogP contribution is -2.56. The molecule has 38 heavy (non-hydrogen) atoms. The number of benzene rings is 2. The Hall–Kier alpha value is -3.85. The molecule has 0 aliphatic carbocycles. The summed E-state index contributed by atoms with van der Waals surface area (Å²) in [6.07, 6.45) is 1.85. The Labute approximate surface area is 220 Å². The molecule has 0 radical (unpaired) electrons. The number of morpholine rings is 1. The number of hydrogen-bond acceptors (Lipinski definition) is 5. The number of alkyl halides is 2. The van der Waals surface area contributed by atoms with Gasteiger partial charge in [-0.05, 0) is 65.9 Å². The van der Waals surface area contributed by atoms with Crippen LogP contribution >= 0.6 is 0 Å². The number of hydrogen-bond donors (Lipinski definition) is 2. The molecule has 3 heterocycles. The number of carbonyl (C=O) groups is 2. The summed E-state index contributed by atoms with van der Waals surface area (Å²) in [5.41, 5.74) is 5.37. The standard InChI is InChI=1S/C29H30F2N4O3/c1-17-4-7-21(34-27(36)20-8-9-33-26(14-20)29(2,30)31)15-22(17)18-5-6-19-12-23(28(37)32-3)25-16-38-11-10-35(25)24(19)13-18/h4-9,13-15,23,25H,10-12,16H2,1-3H3,(H,32,37)(H,34,36). The summed E-state index contributed by atoms with van der Waals surface area (Å²) in [5.74, 6) is -3.79. The van der Waals surface area contributed by atoms with Crippen molar-refractivity contribution in [2.45, 2.75) is 32.2 Å².